The maximum Gasteiger partial charge on any atom is 0.0937 e. The van der Waals surface area contributed by atoms with Gasteiger partial charge in [0.05, 0.1) is 18.6 Å². The Morgan fingerprint density at radius 1 is 0.960 bits per heavy atom. The Bertz CT molecular complexity index is 622. The smallest absolute Gasteiger partial charge is 0.0937 e. The van der Waals surface area contributed by atoms with Crippen molar-refractivity contribution in [1.29, 1.82) is 0 Å². The molecule has 0 aliphatic heterocycles. The van der Waals surface area contributed by atoms with Crippen LogP contribution < -0.4 is 0 Å². The lowest BCUT2D eigenvalue weighted by atomic mass is 9.44. The van der Waals surface area contributed by atoms with E-state index in [0.29, 0.717) is 16.7 Å². The summed E-state index contributed by atoms with van der Waals surface area (Å²) < 4.78 is 5.43. The molecule has 0 amide bonds. The minimum Gasteiger partial charge on any atom is -0.472 e. The second kappa shape index (κ2) is 5.62. The van der Waals surface area contributed by atoms with E-state index in [4.69, 9.17) is 4.42 Å². The van der Waals surface area contributed by atoms with Crippen LogP contribution in [0.2, 0.25) is 0 Å². The number of hydrogen-bond donors (Lipinski definition) is 1. The Balaban J connectivity index is 1.44. The molecule has 138 valence electrons. The number of rotatable bonds is 1. The van der Waals surface area contributed by atoms with Crippen molar-refractivity contribution in [3.05, 3.63) is 24.2 Å². The summed E-state index contributed by atoms with van der Waals surface area (Å²) in [5, 5.41) is 10.2. The maximum atomic E-state index is 10.2. The first-order valence-corrected chi connectivity index (χ1v) is 10.7. The molecule has 0 spiro atoms. The second-order valence-corrected chi connectivity index (χ2v) is 10.3. The van der Waals surface area contributed by atoms with Crippen molar-refractivity contribution < 1.29 is 9.52 Å². The van der Waals surface area contributed by atoms with Gasteiger partial charge in [0.15, 0.2) is 0 Å². The van der Waals surface area contributed by atoms with Crippen molar-refractivity contribution in [2.75, 3.05) is 0 Å². The zero-order chi connectivity index (χ0) is 17.2. The molecule has 8 atom stereocenters. The van der Waals surface area contributed by atoms with Crippen molar-refractivity contribution in [3.63, 3.8) is 0 Å². The first-order valence-electron chi connectivity index (χ1n) is 10.7. The van der Waals surface area contributed by atoms with Gasteiger partial charge in [-0.05, 0) is 110 Å². The number of furan rings is 1. The van der Waals surface area contributed by atoms with E-state index >= 15 is 0 Å². The molecule has 5 rings (SSSR count). The van der Waals surface area contributed by atoms with Gasteiger partial charge in [-0.15, -0.1) is 0 Å². The summed E-state index contributed by atoms with van der Waals surface area (Å²) in [7, 11) is 0. The third kappa shape index (κ3) is 2.25. The van der Waals surface area contributed by atoms with E-state index in [-0.39, 0.29) is 6.10 Å². The van der Waals surface area contributed by atoms with Gasteiger partial charge in [0, 0.05) is 0 Å². The van der Waals surface area contributed by atoms with E-state index in [1.807, 2.05) is 12.5 Å². The monoisotopic (exact) mass is 342 g/mol. The lowest BCUT2D eigenvalue weighted by Gasteiger charge is -2.61. The van der Waals surface area contributed by atoms with Crippen LogP contribution in [0, 0.1) is 34.5 Å². The fraction of sp³-hybridized carbons (Fsp3) is 0.826. The molecule has 2 heteroatoms. The summed E-state index contributed by atoms with van der Waals surface area (Å²) in [4.78, 5) is 0. The van der Waals surface area contributed by atoms with Crippen molar-refractivity contribution in [3.8, 4) is 0 Å². The summed E-state index contributed by atoms with van der Waals surface area (Å²) in [5.74, 6) is 4.20. The van der Waals surface area contributed by atoms with Gasteiger partial charge < -0.3 is 9.52 Å². The van der Waals surface area contributed by atoms with Gasteiger partial charge in [0.25, 0.3) is 0 Å². The summed E-state index contributed by atoms with van der Waals surface area (Å²) in [6.07, 6.45) is 15.5. The van der Waals surface area contributed by atoms with Crippen molar-refractivity contribution in [2.24, 2.45) is 34.5 Å². The van der Waals surface area contributed by atoms with E-state index in [1.54, 1.807) is 0 Å². The molecule has 4 saturated carbocycles. The van der Waals surface area contributed by atoms with Crippen LogP contribution in [0.1, 0.15) is 83.1 Å². The SMILES string of the molecule is C[C@]12CC[C@H](O)C[C@H]1CC[C@H]1[C@H]3CC[C@H](c4ccoc4)[C@@]3(C)CC[C@@H]12. The van der Waals surface area contributed by atoms with Crippen LogP contribution in [0.3, 0.4) is 0 Å². The standard InChI is InChI=1S/C23H34O2/c1-22-10-7-17(24)13-16(22)3-4-18-20-6-5-19(15-9-12-25-14-15)23(20,2)11-8-21(18)22/h9,12,14,16-21,24H,3-8,10-11,13H2,1-2H3/t16-,17+,18+,19-,20-,21+,22+,23-/m1/s1. The Labute approximate surface area is 152 Å². The van der Waals surface area contributed by atoms with E-state index in [1.165, 1.54) is 50.5 Å². The normalized spacial score (nSPS) is 52.3. The highest BCUT2D eigenvalue weighted by atomic mass is 16.3. The van der Waals surface area contributed by atoms with Gasteiger partial charge >= 0.3 is 0 Å². The minimum atomic E-state index is -0.0274. The highest BCUT2D eigenvalue weighted by molar-refractivity contribution is 5.22. The molecular formula is C23H34O2. The van der Waals surface area contributed by atoms with Crippen LogP contribution in [-0.4, -0.2) is 11.2 Å². The lowest BCUT2D eigenvalue weighted by Crippen LogP contribution is -2.53. The van der Waals surface area contributed by atoms with Crippen LogP contribution in [0.15, 0.2) is 23.0 Å². The molecule has 4 aliphatic carbocycles. The Morgan fingerprint density at radius 2 is 1.76 bits per heavy atom. The van der Waals surface area contributed by atoms with Gasteiger partial charge in [-0.1, -0.05) is 13.8 Å². The highest BCUT2D eigenvalue weighted by Gasteiger charge is 2.60. The van der Waals surface area contributed by atoms with Gasteiger partial charge in [0.2, 0.25) is 0 Å². The van der Waals surface area contributed by atoms with Crippen LogP contribution in [-0.2, 0) is 0 Å². The molecule has 0 aromatic carbocycles. The molecule has 2 nitrogen and oxygen atoms in total. The summed E-state index contributed by atoms with van der Waals surface area (Å²) in [5.41, 5.74) is 2.42. The van der Waals surface area contributed by atoms with Crippen LogP contribution in [0.25, 0.3) is 0 Å². The average Bonchev–Trinajstić information content (AvgIpc) is 3.22. The molecule has 1 N–H and O–H groups in total. The van der Waals surface area contributed by atoms with E-state index in [2.05, 4.69) is 19.9 Å². The third-order valence-corrected chi connectivity index (χ3v) is 9.58. The summed E-state index contributed by atoms with van der Waals surface area (Å²) >= 11 is 0. The molecule has 0 saturated heterocycles. The van der Waals surface area contributed by atoms with Crippen LogP contribution in [0.5, 0.6) is 0 Å². The fourth-order valence-electron chi connectivity index (χ4n) is 8.26. The molecule has 1 heterocycles. The average molecular weight is 343 g/mol. The molecular weight excluding hydrogens is 308 g/mol. The van der Waals surface area contributed by atoms with Crippen LogP contribution in [0.4, 0.5) is 0 Å². The van der Waals surface area contributed by atoms with E-state index in [9.17, 15) is 5.11 Å². The first-order chi connectivity index (χ1) is 12.0. The summed E-state index contributed by atoms with van der Waals surface area (Å²) in [6.45, 7) is 5.18. The van der Waals surface area contributed by atoms with Gasteiger partial charge in [-0.3, -0.25) is 0 Å². The van der Waals surface area contributed by atoms with Gasteiger partial charge in [-0.2, -0.15) is 0 Å². The lowest BCUT2D eigenvalue weighted by molar-refractivity contribution is -0.122. The number of aliphatic hydroxyl groups excluding tert-OH is 1. The molecule has 0 radical (unpaired) electrons. The second-order valence-electron chi connectivity index (χ2n) is 10.3. The third-order valence-electron chi connectivity index (χ3n) is 9.58. The quantitative estimate of drug-likeness (QED) is 0.703. The van der Waals surface area contributed by atoms with Crippen LogP contribution >= 0.6 is 0 Å². The zero-order valence-corrected chi connectivity index (χ0v) is 15.9. The molecule has 1 aromatic heterocycles. The molecule has 1 aromatic rings. The molecule has 0 bridgehead atoms. The fourth-order valence-corrected chi connectivity index (χ4v) is 8.26. The number of hydrogen-bond acceptors (Lipinski definition) is 2. The largest absolute Gasteiger partial charge is 0.472 e. The molecule has 0 unspecified atom stereocenters. The molecule has 4 fully saturated rings. The predicted octanol–water partition coefficient (Wildman–Crippen LogP) is 5.77. The van der Waals surface area contributed by atoms with Crippen molar-refractivity contribution in [2.45, 2.75) is 83.7 Å². The highest BCUT2D eigenvalue weighted by Crippen LogP contribution is 2.68. The first kappa shape index (κ1) is 16.4. The Morgan fingerprint density at radius 3 is 2.56 bits per heavy atom. The Hall–Kier alpha value is -0.760. The zero-order valence-electron chi connectivity index (χ0n) is 15.9. The van der Waals surface area contributed by atoms with Gasteiger partial charge in [-0.25, -0.2) is 0 Å². The molecule has 25 heavy (non-hydrogen) atoms. The predicted molar refractivity (Wildman–Crippen MR) is 99.2 cm³/mol. The minimum absolute atomic E-state index is 0.0274. The molecule has 4 aliphatic rings. The van der Waals surface area contributed by atoms with Gasteiger partial charge in [0.1, 0.15) is 0 Å². The van der Waals surface area contributed by atoms with Crippen molar-refractivity contribution >= 4 is 0 Å². The van der Waals surface area contributed by atoms with E-state index in [0.717, 1.165) is 36.5 Å². The van der Waals surface area contributed by atoms with E-state index < -0.39 is 0 Å². The summed E-state index contributed by atoms with van der Waals surface area (Å²) in [6, 6.07) is 2.21. The number of fused-ring (bicyclic) bond motifs is 5. The number of aliphatic hydroxyl groups is 1. The topological polar surface area (TPSA) is 33.4 Å². The Kier molecular flexibility index (Phi) is 3.69. The van der Waals surface area contributed by atoms with Crippen molar-refractivity contribution in [1.82, 2.24) is 0 Å². The maximum absolute atomic E-state index is 10.2.